The Kier molecular flexibility index (Phi) is 2.33. The van der Waals surface area contributed by atoms with Crippen LogP contribution in [0.5, 0.6) is 0 Å². The first-order valence-electron chi connectivity index (χ1n) is 3.85. The van der Waals surface area contributed by atoms with Crippen LogP contribution in [0.15, 0.2) is 30.0 Å². The monoisotopic (exact) mass is 192 g/mol. The quantitative estimate of drug-likeness (QED) is 0.787. The van der Waals surface area contributed by atoms with Crippen molar-refractivity contribution in [1.82, 2.24) is 9.97 Å². The molecule has 2 aromatic heterocycles. The number of aromatic nitrogens is 2. The van der Waals surface area contributed by atoms with E-state index in [1.54, 1.807) is 29.2 Å². The van der Waals surface area contributed by atoms with Gasteiger partial charge < -0.3 is 5.11 Å². The maximum atomic E-state index is 8.81. The van der Waals surface area contributed by atoms with Crippen molar-refractivity contribution in [2.24, 2.45) is 0 Å². The van der Waals surface area contributed by atoms with E-state index in [0.29, 0.717) is 0 Å². The number of hydrogen-bond acceptors (Lipinski definition) is 4. The molecule has 0 aliphatic carbocycles. The Balaban J connectivity index is 2.33. The Bertz CT molecular complexity index is 369. The minimum atomic E-state index is 0.0377. The van der Waals surface area contributed by atoms with Gasteiger partial charge in [-0.3, -0.25) is 9.97 Å². The third-order valence-corrected chi connectivity index (χ3v) is 2.49. The first-order chi connectivity index (χ1) is 6.40. The molecule has 0 spiro atoms. The summed E-state index contributed by atoms with van der Waals surface area (Å²) in [5.41, 5.74) is 3.50. The van der Waals surface area contributed by atoms with Gasteiger partial charge in [0.1, 0.15) is 0 Å². The van der Waals surface area contributed by atoms with E-state index in [-0.39, 0.29) is 6.61 Å². The summed E-state index contributed by atoms with van der Waals surface area (Å²) in [6.45, 7) is 0.0377. The molecule has 0 radical (unpaired) electrons. The lowest BCUT2D eigenvalue weighted by molar-refractivity contribution is 0.281. The summed E-state index contributed by atoms with van der Waals surface area (Å²) in [6, 6.07) is 3.75. The molecular formula is C9H8N2OS. The van der Waals surface area contributed by atoms with Crippen molar-refractivity contribution in [2.45, 2.75) is 6.61 Å². The largest absolute Gasteiger partial charge is 0.392 e. The molecule has 0 bridgehead atoms. The molecule has 2 heterocycles. The lowest BCUT2D eigenvalue weighted by atomic mass is 10.2. The molecule has 0 saturated heterocycles. The topological polar surface area (TPSA) is 46.0 Å². The minimum absolute atomic E-state index is 0.0377. The van der Waals surface area contributed by atoms with Crippen molar-refractivity contribution in [3.63, 3.8) is 0 Å². The minimum Gasteiger partial charge on any atom is -0.392 e. The van der Waals surface area contributed by atoms with Crippen molar-refractivity contribution in [2.75, 3.05) is 0 Å². The Morgan fingerprint density at radius 2 is 2.23 bits per heavy atom. The van der Waals surface area contributed by atoms with Gasteiger partial charge in [0, 0.05) is 12.4 Å². The zero-order chi connectivity index (χ0) is 9.10. The molecule has 1 N–H and O–H groups in total. The highest BCUT2D eigenvalue weighted by Gasteiger charge is 1.99. The zero-order valence-electron chi connectivity index (χ0n) is 6.84. The molecule has 0 aliphatic rings. The van der Waals surface area contributed by atoms with Gasteiger partial charge in [-0.25, -0.2) is 0 Å². The number of pyridine rings is 1. The van der Waals surface area contributed by atoms with Crippen LogP contribution in [0.1, 0.15) is 5.56 Å². The maximum absolute atomic E-state index is 8.81. The molecule has 13 heavy (non-hydrogen) atoms. The fourth-order valence-electron chi connectivity index (χ4n) is 1.01. The van der Waals surface area contributed by atoms with Crippen LogP contribution in [0, 0.1) is 0 Å². The van der Waals surface area contributed by atoms with Gasteiger partial charge in [0.05, 0.1) is 22.7 Å². The van der Waals surface area contributed by atoms with Gasteiger partial charge in [0.2, 0.25) is 0 Å². The average Bonchev–Trinajstić information content (AvgIpc) is 2.71. The van der Waals surface area contributed by atoms with Crippen LogP contribution in [0.4, 0.5) is 0 Å². The molecule has 0 unspecified atom stereocenters. The highest BCUT2D eigenvalue weighted by Crippen LogP contribution is 2.20. The summed E-state index contributed by atoms with van der Waals surface area (Å²) in [5.74, 6) is 0. The number of aliphatic hydroxyl groups excluding tert-OH is 1. The first kappa shape index (κ1) is 8.34. The number of thiazole rings is 1. The average molecular weight is 192 g/mol. The lowest BCUT2D eigenvalue weighted by Crippen LogP contribution is -1.85. The second-order valence-corrected chi connectivity index (χ2v) is 3.46. The Labute approximate surface area is 79.7 Å². The van der Waals surface area contributed by atoms with Crippen LogP contribution >= 0.6 is 11.3 Å². The van der Waals surface area contributed by atoms with Crippen LogP contribution in [0.25, 0.3) is 10.6 Å². The van der Waals surface area contributed by atoms with Crippen molar-refractivity contribution >= 4 is 11.3 Å². The maximum Gasteiger partial charge on any atom is 0.0818 e. The van der Waals surface area contributed by atoms with E-state index in [0.717, 1.165) is 16.1 Å². The van der Waals surface area contributed by atoms with Crippen molar-refractivity contribution in [3.8, 4) is 10.6 Å². The summed E-state index contributed by atoms with van der Waals surface area (Å²) >= 11 is 1.55. The summed E-state index contributed by atoms with van der Waals surface area (Å²) in [5, 5.41) is 8.81. The van der Waals surface area contributed by atoms with Crippen molar-refractivity contribution < 1.29 is 5.11 Å². The third kappa shape index (κ3) is 1.74. The first-order valence-corrected chi connectivity index (χ1v) is 4.73. The molecule has 0 aliphatic heterocycles. The van der Waals surface area contributed by atoms with Crippen LogP contribution in [0.2, 0.25) is 0 Å². The predicted octanol–water partition coefficient (Wildman–Crippen LogP) is 1.70. The molecule has 0 saturated carbocycles. The highest BCUT2D eigenvalue weighted by atomic mass is 32.1. The summed E-state index contributed by atoms with van der Waals surface area (Å²) in [6.07, 6.45) is 3.46. The van der Waals surface area contributed by atoms with Gasteiger partial charge in [0.25, 0.3) is 0 Å². The molecule has 0 aromatic carbocycles. The SMILES string of the molecule is OCc1ccc(-c2cncs2)nc1. The van der Waals surface area contributed by atoms with Crippen LogP contribution in [-0.2, 0) is 6.61 Å². The Morgan fingerprint density at radius 1 is 1.31 bits per heavy atom. The molecule has 2 aromatic rings. The highest BCUT2D eigenvalue weighted by molar-refractivity contribution is 7.13. The molecule has 4 heteroatoms. The molecule has 3 nitrogen and oxygen atoms in total. The van der Waals surface area contributed by atoms with E-state index in [9.17, 15) is 0 Å². The van der Waals surface area contributed by atoms with Gasteiger partial charge in [0.15, 0.2) is 0 Å². The van der Waals surface area contributed by atoms with E-state index in [1.165, 1.54) is 0 Å². The van der Waals surface area contributed by atoms with Crippen LogP contribution < -0.4 is 0 Å². The van der Waals surface area contributed by atoms with Gasteiger partial charge in [-0.15, -0.1) is 11.3 Å². The third-order valence-electron chi connectivity index (χ3n) is 1.69. The second kappa shape index (κ2) is 3.64. The van der Waals surface area contributed by atoms with E-state index in [1.807, 2.05) is 12.1 Å². The lowest BCUT2D eigenvalue weighted by Gasteiger charge is -1.97. The summed E-state index contributed by atoms with van der Waals surface area (Å²) in [7, 11) is 0. The van der Waals surface area contributed by atoms with Crippen molar-refractivity contribution in [3.05, 3.63) is 35.6 Å². The predicted molar refractivity (Wildman–Crippen MR) is 51.3 cm³/mol. The van der Waals surface area contributed by atoms with Crippen molar-refractivity contribution in [1.29, 1.82) is 0 Å². The fourth-order valence-corrected chi connectivity index (χ4v) is 1.60. The van der Waals surface area contributed by atoms with E-state index >= 15 is 0 Å². The fraction of sp³-hybridized carbons (Fsp3) is 0.111. The molecule has 0 amide bonds. The Hall–Kier alpha value is -1.26. The van der Waals surface area contributed by atoms with Gasteiger partial charge in [-0.2, -0.15) is 0 Å². The molecular weight excluding hydrogens is 184 g/mol. The Morgan fingerprint density at radius 3 is 2.77 bits per heavy atom. The van der Waals surface area contributed by atoms with E-state index in [4.69, 9.17) is 5.11 Å². The van der Waals surface area contributed by atoms with E-state index < -0.39 is 0 Å². The number of rotatable bonds is 2. The normalized spacial score (nSPS) is 10.2. The molecule has 0 fully saturated rings. The standard InChI is InChI=1S/C9H8N2OS/c12-5-7-1-2-8(11-3-7)9-4-10-6-13-9/h1-4,6,12H,5H2. The van der Waals surface area contributed by atoms with Gasteiger partial charge >= 0.3 is 0 Å². The summed E-state index contributed by atoms with van der Waals surface area (Å²) < 4.78 is 0. The van der Waals surface area contributed by atoms with Crippen LogP contribution in [0.3, 0.4) is 0 Å². The number of aliphatic hydroxyl groups is 1. The summed E-state index contributed by atoms with van der Waals surface area (Å²) in [4.78, 5) is 9.22. The van der Waals surface area contributed by atoms with E-state index in [2.05, 4.69) is 9.97 Å². The molecule has 66 valence electrons. The second-order valence-electron chi connectivity index (χ2n) is 2.58. The molecule has 2 rings (SSSR count). The number of hydrogen-bond donors (Lipinski definition) is 1. The van der Waals surface area contributed by atoms with Gasteiger partial charge in [-0.1, -0.05) is 6.07 Å². The number of nitrogens with zero attached hydrogens (tertiary/aromatic N) is 2. The zero-order valence-corrected chi connectivity index (χ0v) is 7.66. The molecule has 0 atom stereocenters. The smallest absolute Gasteiger partial charge is 0.0818 e. The van der Waals surface area contributed by atoms with Crippen LogP contribution in [-0.4, -0.2) is 15.1 Å². The van der Waals surface area contributed by atoms with Gasteiger partial charge in [-0.05, 0) is 11.6 Å².